The molecule has 5 heteroatoms. The minimum atomic E-state index is -0.439. The van der Waals surface area contributed by atoms with Crippen LogP contribution in [0.4, 0.5) is 5.82 Å². The maximum Gasteiger partial charge on any atom is 0.230 e. The summed E-state index contributed by atoms with van der Waals surface area (Å²) in [4.78, 5) is 12.2. The summed E-state index contributed by atoms with van der Waals surface area (Å²) in [5.41, 5.74) is 0.613. The predicted octanol–water partition coefficient (Wildman–Crippen LogP) is 4.58. The second kappa shape index (κ2) is 6.18. The van der Waals surface area contributed by atoms with Crippen molar-refractivity contribution in [3.05, 3.63) is 22.7 Å². The SMILES string of the molecule is CCCCn1nc(NC(=O)C(C)(C)C)c2cc(Br)ccc21. The van der Waals surface area contributed by atoms with E-state index in [-0.39, 0.29) is 5.91 Å². The Morgan fingerprint density at radius 2 is 2.10 bits per heavy atom. The van der Waals surface area contributed by atoms with Crippen LogP contribution in [0.3, 0.4) is 0 Å². The van der Waals surface area contributed by atoms with Crippen molar-refractivity contribution in [2.24, 2.45) is 5.41 Å². The third-order valence-electron chi connectivity index (χ3n) is 3.35. The molecule has 0 aliphatic rings. The van der Waals surface area contributed by atoms with Gasteiger partial charge in [0.15, 0.2) is 5.82 Å². The highest BCUT2D eigenvalue weighted by Gasteiger charge is 2.23. The van der Waals surface area contributed by atoms with Crippen LogP contribution in [0.1, 0.15) is 40.5 Å². The van der Waals surface area contributed by atoms with Gasteiger partial charge in [-0.3, -0.25) is 9.48 Å². The molecule has 0 saturated carbocycles. The number of amides is 1. The van der Waals surface area contributed by atoms with Crippen LogP contribution in [0.2, 0.25) is 0 Å². The molecule has 1 aromatic heterocycles. The van der Waals surface area contributed by atoms with Gasteiger partial charge < -0.3 is 5.32 Å². The third kappa shape index (κ3) is 3.64. The lowest BCUT2D eigenvalue weighted by Gasteiger charge is -2.16. The Kier molecular flexibility index (Phi) is 4.71. The molecule has 0 fully saturated rings. The standard InChI is InChI=1S/C16H22BrN3O/c1-5-6-9-20-13-8-7-11(17)10-12(13)14(19-20)18-15(21)16(2,3)4/h7-8,10H,5-6,9H2,1-4H3,(H,18,19,21). The number of aryl methyl sites for hydroxylation is 1. The Balaban J connectivity index is 2.42. The molecule has 2 aromatic rings. The van der Waals surface area contributed by atoms with E-state index in [0.29, 0.717) is 5.82 Å². The Labute approximate surface area is 134 Å². The zero-order valence-electron chi connectivity index (χ0n) is 13.0. The van der Waals surface area contributed by atoms with Crippen LogP contribution in [0.25, 0.3) is 10.9 Å². The van der Waals surface area contributed by atoms with E-state index in [1.165, 1.54) is 0 Å². The molecule has 0 radical (unpaired) electrons. The lowest BCUT2D eigenvalue weighted by atomic mass is 9.96. The van der Waals surface area contributed by atoms with E-state index >= 15 is 0 Å². The summed E-state index contributed by atoms with van der Waals surface area (Å²) >= 11 is 3.48. The molecule has 0 spiro atoms. The summed E-state index contributed by atoms with van der Waals surface area (Å²) in [7, 11) is 0. The number of anilines is 1. The van der Waals surface area contributed by atoms with Crippen LogP contribution in [-0.2, 0) is 11.3 Å². The number of rotatable bonds is 4. The number of carbonyl (C=O) groups is 1. The first-order valence-corrected chi connectivity index (χ1v) is 8.09. The van der Waals surface area contributed by atoms with Crippen LogP contribution in [0.5, 0.6) is 0 Å². The van der Waals surface area contributed by atoms with E-state index in [1.54, 1.807) is 0 Å². The molecule has 0 unspecified atom stereocenters. The van der Waals surface area contributed by atoms with Gasteiger partial charge >= 0.3 is 0 Å². The smallest absolute Gasteiger partial charge is 0.230 e. The maximum atomic E-state index is 12.2. The highest BCUT2D eigenvalue weighted by atomic mass is 79.9. The monoisotopic (exact) mass is 351 g/mol. The van der Waals surface area contributed by atoms with Crippen molar-refractivity contribution in [2.45, 2.75) is 47.1 Å². The van der Waals surface area contributed by atoms with Gasteiger partial charge in [-0.05, 0) is 24.6 Å². The molecule has 0 atom stereocenters. The van der Waals surface area contributed by atoms with Crippen molar-refractivity contribution in [1.29, 1.82) is 0 Å². The zero-order valence-corrected chi connectivity index (χ0v) is 14.6. The number of fused-ring (bicyclic) bond motifs is 1. The summed E-state index contributed by atoms with van der Waals surface area (Å²) < 4.78 is 2.96. The number of nitrogens with one attached hydrogen (secondary N) is 1. The van der Waals surface area contributed by atoms with Crippen LogP contribution < -0.4 is 5.32 Å². The van der Waals surface area contributed by atoms with Crippen LogP contribution in [0, 0.1) is 5.41 Å². The zero-order chi connectivity index (χ0) is 15.6. The maximum absolute atomic E-state index is 12.2. The quantitative estimate of drug-likeness (QED) is 0.875. The van der Waals surface area contributed by atoms with Crippen molar-refractivity contribution in [2.75, 3.05) is 5.32 Å². The molecule has 0 aliphatic carbocycles. The van der Waals surface area contributed by atoms with Gasteiger partial charge in [0.1, 0.15) is 0 Å². The fraction of sp³-hybridized carbons (Fsp3) is 0.500. The molecule has 114 valence electrons. The molecule has 1 N–H and O–H groups in total. The molecule has 0 saturated heterocycles. The Morgan fingerprint density at radius 1 is 1.38 bits per heavy atom. The van der Waals surface area contributed by atoms with Crippen molar-refractivity contribution in [3.8, 4) is 0 Å². The Hall–Kier alpha value is -1.36. The lowest BCUT2D eigenvalue weighted by Crippen LogP contribution is -2.27. The van der Waals surface area contributed by atoms with Crippen molar-refractivity contribution < 1.29 is 4.79 Å². The first-order chi connectivity index (χ1) is 9.82. The second-order valence-electron chi connectivity index (χ2n) is 6.29. The molecular weight excluding hydrogens is 330 g/mol. The first-order valence-electron chi connectivity index (χ1n) is 7.30. The predicted molar refractivity (Wildman–Crippen MR) is 90.4 cm³/mol. The first kappa shape index (κ1) is 16.0. The normalized spacial score (nSPS) is 11.9. The van der Waals surface area contributed by atoms with E-state index in [9.17, 15) is 4.79 Å². The highest BCUT2D eigenvalue weighted by Crippen LogP contribution is 2.28. The van der Waals surface area contributed by atoms with E-state index < -0.39 is 5.41 Å². The van der Waals surface area contributed by atoms with E-state index in [0.717, 1.165) is 34.8 Å². The van der Waals surface area contributed by atoms with Gasteiger partial charge in [0, 0.05) is 21.8 Å². The van der Waals surface area contributed by atoms with E-state index in [4.69, 9.17) is 0 Å². The number of unbranched alkanes of at least 4 members (excludes halogenated alkanes) is 1. The number of carbonyl (C=O) groups excluding carboxylic acids is 1. The van der Waals surface area contributed by atoms with Crippen molar-refractivity contribution in [3.63, 3.8) is 0 Å². The fourth-order valence-corrected chi connectivity index (χ4v) is 2.38. The Morgan fingerprint density at radius 3 is 2.71 bits per heavy atom. The largest absolute Gasteiger partial charge is 0.308 e. The van der Waals surface area contributed by atoms with Gasteiger partial charge in [0.25, 0.3) is 0 Å². The number of aromatic nitrogens is 2. The summed E-state index contributed by atoms with van der Waals surface area (Å²) in [6.45, 7) is 8.71. The van der Waals surface area contributed by atoms with Crippen LogP contribution in [-0.4, -0.2) is 15.7 Å². The topological polar surface area (TPSA) is 46.9 Å². The molecule has 4 nitrogen and oxygen atoms in total. The summed E-state index contributed by atoms with van der Waals surface area (Å²) in [6.07, 6.45) is 2.18. The number of benzene rings is 1. The summed E-state index contributed by atoms with van der Waals surface area (Å²) in [5.74, 6) is 0.617. The number of hydrogen-bond donors (Lipinski definition) is 1. The molecule has 0 aliphatic heterocycles. The molecule has 2 rings (SSSR count). The minimum absolute atomic E-state index is 0.0236. The van der Waals surface area contributed by atoms with Crippen molar-refractivity contribution >= 4 is 38.6 Å². The summed E-state index contributed by atoms with van der Waals surface area (Å²) in [6, 6.07) is 6.04. The third-order valence-corrected chi connectivity index (χ3v) is 3.84. The number of nitrogens with zero attached hydrogens (tertiary/aromatic N) is 2. The second-order valence-corrected chi connectivity index (χ2v) is 7.21. The van der Waals surface area contributed by atoms with Gasteiger partial charge in [0.2, 0.25) is 5.91 Å². The molecule has 1 heterocycles. The number of hydrogen-bond acceptors (Lipinski definition) is 2. The van der Waals surface area contributed by atoms with E-state index in [1.807, 2.05) is 43.7 Å². The summed E-state index contributed by atoms with van der Waals surface area (Å²) in [5, 5.41) is 8.51. The van der Waals surface area contributed by atoms with Crippen LogP contribution in [0.15, 0.2) is 22.7 Å². The minimum Gasteiger partial charge on any atom is -0.308 e. The van der Waals surface area contributed by atoms with Crippen molar-refractivity contribution in [1.82, 2.24) is 9.78 Å². The van der Waals surface area contributed by atoms with Gasteiger partial charge in [-0.15, -0.1) is 0 Å². The highest BCUT2D eigenvalue weighted by molar-refractivity contribution is 9.10. The lowest BCUT2D eigenvalue weighted by molar-refractivity contribution is -0.123. The van der Waals surface area contributed by atoms with Gasteiger partial charge in [0.05, 0.1) is 5.52 Å². The molecule has 0 bridgehead atoms. The van der Waals surface area contributed by atoms with Crippen LogP contribution >= 0.6 is 15.9 Å². The number of halogens is 1. The molecule has 1 aromatic carbocycles. The Bertz CT molecular complexity index is 655. The van der Waals surface area contributed by atoms with E-state index in [2.05, 4.69) is 33.3 Å². The average Bonchev–Trinajstić information content (AvgIpc) is 2.73. The van der Waals surface area contributed by atoms with Gasteiger partial charge in [-0.25, -0.2) is 0 Å². The fourth-order valence-electron chi connectivity index (χ4n) is 2.02. The molecule has 1 amide bonds. The average molecular weight is 352 g/mol. The van der Waals surface area contributed by atoms with Gasteiger partial charge in [-0.2, -0.15) is 5.10 Å². The molecule has 21 heavy (non-hydrogen) atoms. The van der Waals surface area contributed by atoms with Gasteiger partial charge in [-0.1, -0.05) is 50.0 Å². The molecular formula is C16H22BrN3O.